The second-order valence-corrected chi connectivity index (χ2v) is 5.98. The number of carbonyl (C=O) groups is 1. The summed E-state index contributed by atoms with van der Waals surface area (Å²) >= 11 is 5.72. The van der Waals surface area contributed by atoms with E-state index in [2.05, 4.69) is 29.4 Å². The van der Waals surface area contributed by atoms with E-state index in [0.29, 0.717) is 18.7 Å². The first-order valence-corrected chi connectivity index (χ1v) is 8.75. The molecule has 0 heterocycles. The number of benzene rings is 2. The van der Waals surface area contributed by atoms with Crippen LogP contribution in [0.15, 0.2) is 42.5 Å². The van der Waals surface area contributed by atoms with Crippen molar-refractivity contribution < 1.29 is 9.18 Å². The summed E-state index contributed by atoms with van der Waals surface area (Å²) in [5, 5.41) is 5.98. The van der Waals surface area contributed by atoms with Gasteiger partial charge < -0.3 is 15.5 Å². The van der Waals surface area contributed by atoms with E-state index in [1.54, 1.807) is 6.07 Å². The number of nitrogens with one attached hydrogen (secondary N) is 2. The molecule has 0 fully saturated rings. The molecule has 0 aliphatic carbocycles. The molecule has 1 amide bonds. The Morgan fingerprint density at radius 2 is 1.72 bits per heavy atom. The molecule has 0 aromatic heterocycles. The summed E-state index contributed by atoms with van der Waals surface area (Å²) in [6.07, 6.45) is 0.298. The number of carbonyl (C=O) groups excluding carboxylic acids is 1. The Morgan fingerprint density at radius 3 is 2.32 bits per heavy atom. The van der Waals surface area contributed by atoms with Crippen molar-refractivity contribution in [3.63, 3.8) is 0 Å². The van der Waals surface area contributed by atoms with Gasteiger partial charge in [-0.05, 0) is 56.3 Å². The summed E-state index contributed by atoms with van der Waals surface area (Å²) in [7, 11) is 0. The molecule has 6 heteroatoms. The van der Waals surface area contributed by atoms with Crippen LogP contribution in [0.25, 0.3) is 0 Å². The van der Waals surface area contributed by atoms with E-state index in [4.69, 9.17) is 11.6 Å². The molecule has 2 N–H and O–H groups in total. The van der Waals surface area contributed by atoms with E-state index in [9.17, 15) is 9.18 Å². The molecule has 2 aromatic rings. The van der Waals surface area contributed by atoms with E-state index in [0.717, 1.165) is 24.5 Å². The number of rotatable bonds is 8. The highest BCUT2D eigenvalue weighted by atomic mass is 35.5. The lowest BCUT2D eigenvalue weighted by Crippen LogP contribution is -2.21. The maximum absolute atomic E-state index is 13.1. The highest BCUT2D eigenvalue weighted by molar-refractivity contribution is 6.31. The SMILES string of the molecule is CCN(CC)c1ccc(NC(=O)CCNc2ccc(F)c(Cl)c2)cc1. The minimum atomic E-state index is -0.460. The summed E-state index contributed by atoms with van der Waals surface area (Å²) in [6.45, 7) is 6.55. The van der Waals surface area contributed by atoms with Crippen LogP contribution >= 0.6 is 11.6 Å². The third-order valence-electron chi connectivity index (χ3n) is 3.88. The van der Waals surface area contributed by atoms with Gasteiger partial charge in [0.1, 0.15) is 5.82 Å². The van der Waals surface area contributed by atoms with E-state index >= 15 is 0 Å². The fourth-order valence-corrected chi connectivity index (χ4v) is 2.67. The lowest BCUT2D eigenvalue weighted by molar-refractivity contribution is -0.115. The van der Waals surface area contributed by atoms with Gasteiger partial charge in [-0.25, -0.2) is 4.39 Å². The van der Waals surface area contributed by atoms with Gasteiger partial charge in [0.2, 0.25) is 5.91 Å². The van der Waals surface area contributed by atoms with Gasteiger partial charge in [0.15, 0.2) is 0 Å². The van der Waals surface area contributed by atoms with Crippen molar-refractivity contribution in [2.45, 2.75) is 20.3 Å². The summed E-state index contributed by atoms with van der Waals surface area (Å²) in [5.74, 6) is -0.547. The van der Waals surface area contributed by atoms with Crippen LogP contribution in [-0.4, -0.2) is 25.5 Å². The minimum Gasteiger partial charge on any atom is -0.384 e. The summed E-state index contributed by atoms with van der Waals surface area (Å²) in [4.78, 5) is 14.2. The predicted molar refractivity (Wildman–Crippen MR) is 103 cm³/mol. The van der Waals surface area contributed by atoms with Crippen LogP contribution in [-0.2, 0) is 4.79 Å². The Bertz CT molecular complexity index is 702. The Kier molecular flexibility index (Phi) is 7.07. The first-order valence-electron chi connectivity index (χ1n) is 8.37. The first kappa shape index (κ1) is 19.1. The van der Waals surface area contributed by atoms with Gasteiger partial charge in [0.05, 0.1) is 5.02 Å². The standard InChI is InChI=1S/C19H23ClFN3O/c1-3-24(4-2)16-8-5-14(6-9-16)23-19(25)11-12-22-15-7-10-18(21)17(20)13-15/h5-10,13,22H,3-4,11-12H2,1-2H3,(H,23,25). The molecule has 2 aromatic carbocycles. The third kappa shape index (κ3) is 5.64. The van der Waals surface area contributed by atoms with E-state index < -0.39 is 5.82 Å². The monoisotopic (exact) mass is 363 g/mol. The van der Waals surface area contributed by atoms with Crippen LogP contribution < -0.4 is 15.5 Å². The van der Waals surface area contributed by atoms with Gasteiger partial charge in [0, 0.05) is 43.1 Å². The number of hydrogen-bond acceptors (Lipinski definition) is 3. The molecule has 0 bridgehead atoms. The largest absolute Gasteiger partial charge is 0.384 e. The van der Waals surface area contributed by atoms with Crippen molar-refractivity contribution in [2.24, 2.45) is 0 Å². The van der Waals surface area contributed by atoms with Gasteiger partial charge in [-0.15, -0.1) is 0 Å². The van der Waals surface area contributed by atoms with Gasteiger partial charge in [-0.1, -0.05) is 11.6 Å². The zero-order chi connectivity index (χ0) is 18.2. The molecule has 4 nitrogen and oxygen atoms in total. The molecule has 0 spiro atoms. The molecule has 0 aliphatic heterocycles. The number of hydrogen-bond donors (Lipinski definition) is 2. The lowest BCUT2D eigenvalue weighted by Gasteiger charge is -2.21. The zero-order valence-electron chi connectivity index (χ0n) is 14.5. The van der Waals surface area contributed by atoms with Crippen molar-refractivity contribution in [1.29, 1.82) is 0 Å². The number of anilines is 3. The summed E-state index contributed by atoms with van der Waals surface area (Å²) in [6, 6.07) is 12.2. The molecule has 0 radical (unpaired) electrons. The summed E-state index contributed by atoms with van der Waals surface area (Å²) in [5.41, 5.74) is 2.59. The molecule has 0 saturated carbocycles. The Labute approximate surface area is 153 Å². The van der Waals surface area contributed by atoms with Gasteiger partial charge in [-0.2, -0.15) is 0 Å². The van der Waals surface area contributed by atoms with Crippen LogP contribution in [0.4, 0.5) is 21.5 Å². The Hall–Kier alpha value is -2.27. The average Bonchev–Trinajstić information content (AvgIpc) is 2.60. The Balaban J connectivity index is 1.80. The normalized spacial score (nSPS) is 10.4. The average molecular weight is 364 g/mol. The molecular weight excluding hydrogens is 341 g/mol. The van der Waals surface area contributed by atoms with E-state index in [1.165, 1.54) is 12.1 Å². The van der Waals surface area contributed by atoms with Crippen LogP contribution in [0.1, 0.15) is 20.3 Å². The number of nitrogens with zero attached hydrogens (tertiary/aromatic N) is 1. The van der Waals surface area contributed by atoms with E-state index in [1.807, 2.05) is 24.3 Å². The molecule has 0 aliphatic rings. The first-order chi connectivity index (χ1) is 12.0. The maximum atomic E-state index is 13.1. The molecule has 0 atom stereocenters. The predicted octanol–water partition coefficient (Wildman–Crippen LogP) is 4.77. The van der Waals surface area contributed by atoms with Crippen molar-refractivity contribution in [3.05, 3.63) is 53.3 Å². The van der Waals surface area contributed by atoms with Gasteiger partial charge in [0.25, 0.3) is 0 Å². The minimum absolute atomic E-state index is 0.0581. The van der Waals surface area contributed by atoms with Gasteiger partial charge in [-0.3, -0.25) is 4.79 Å². The summed E-state index contributed by atoms with van der Waals surface area (Å²) < 4.78 is 13.1. The van der Waals surface area contributed by atoms with Crippen LogP contribution in [0.2, 0.25) is 5.02 Å². The number of halogens is 2. The van der Waals surface area contributed by atoms with Crippen molar-refractivity contribution in [2.75, 3.05) is 35.2 Å². The quantitative estimate of drug-likeness (QED) is 0.710. The van der Waals surface area contributed by atoms with Crippen LogP contribution in [0.3, 0.4) is 0 Å². The Morgan fingerprint density at radius 1 is 1.08 bits per heavy atom. The fourth-order valence-electron chi connectivity index (χ4n) is 2.49. The second kappa shape index (κ2) is 9.28. The second-order valence-electron chi connectivity index (χ2n) is 5.57. The maximum Gasteiger partial charge on any atom is 0.226 e. The van der Waals surface area contributed by atoms with Gasteiger partial charge >= 0.3 is 0 Å². The van der Waals surface area contributed by atoms with E-state index in [-0.39, 0.29) is 10.9 Å². The van der Waals surface area contributed by atoms with Crippen molar-refractivity contribution in [1.82, 2.24) is 0 Å². The molecule has 134 valence electrons. The highest BCUT2D eigenvalue weighted by Gasteiger charge is 2.05. The topological polar surface area (TPSA) is 44.4 Å². The third-order valence-corrected chi connectivity index (χ3v) is 4.17. The van der Waals surface area contributed by atoms with Crippen LogP contribution in [0, 0.1) is 5.82 Å². The molecular formula is C19H23ClFN3O. The smallest absolute Gasteiger partial charge is 0.226 e. The molecule has 0 saturated heterocycles. The number of amides is 1. The highest BCUT2D eigenvalue weighted by Crippen LogP contribution is 2.20. The van der Waals surface area contributed by atoms with Crippen molar-refractivity contribution >= 4 is 34.6 Å². The zero-order valence-corrected chi connectivity index (χ0v) is 15.2. The van der Waals surface area contributed by atoms with Crippen molar-refractivity contribution in [3.8, 4) is 0 Å². The molecule has 25 heavy (non-hydrogen) atoms. The molecule has 2 rings (SSSR count). The van der Waals surface area contributed by atoms with Crippen LogP contribution in [0.5, 0.6) is 0 Å². The molecule has 0 unspecified atom stereocenters. The lowest BCUT2D eigenvalue weighted by atomic mass is 10.2. The fraction of sp³-hybridized carbons (Fsp3) is 0.316.